The summed E-state index contributed by atoms with van der Waals surface area (Å²) in [5.41, 5.74) is 2.27. The van der Waals surface area contributed by atoms with Gasteiger partial charge in [-0.3, -0.25) is 4.40 Å². The van der Waals surface area contributed by atoms with Crippen LogP contribution in [0, 0.1) is 3.57 Å². The van der Waals surface area contributed by atoms with Crippen LogP contribution in [-0.4, -0.2) is 9.38 Å². The van der Waals surface area contributed by atoms with Crippen LogP contribution in [0.1, 0.15) is 0 Å². The second-order valence-electron chi connectivity index (χ2n) is 3.58. The van der Waals surface area contributed by atoms with Gasteiger partial charge in [-0.2, -0.15) is 0 Å². The van der Waals surface area contributed by atoms with E-state index >= 15 is 0 Å². The Balaban J connectivity index is 2.22. The first kappa shape index (κ1) is 9.84. The van der Waals surface area contributed by atoms with Crippen molar-refractivity contribution in [1.82, 2.24) is 9.38 Å². The van der Waals surface area contributed by atoms with E-state index in [2.05, 4.69) is 62.3 Å². The van der Waals surface area contributed by atoms with Crippen LogP contribution in [0.4, 0.5) is 0 Å². The van der Waals surface area contributed by atoms with Crippen molar-refractivity contribution in [1.29, 1.82) is 0 Å². The fraction of sp³-hybridized carbons (Fsp3) is 0. The SMILES string of the molecule is Ic1ccc(-c2ncc3ccccn23)cc1. The summed E-state index contributed by atoms with van der Waals surface area (Å²) in [5.74, 6) is 0.993. The second kappa shape index (κ2) is 3.90. The first-order valence-corrected chi connectivity index (χ1v) is 6.10. The summed E-state index contributed by atoms with van der Waals surface area (Å²) in [6, 6.07) is 14.5. The van der Waals surface area contributed by atoms with E-state index in [-0.39, 0.29) is 0 Å². The van der Waals surface area contributed by atoms with Gasteiger partial charge in [0.05, 0.1) is 11.7 Å². The molecule has 0 saturated carbocycles. The number of hydrogen-bond acceptors (Lipinski definition) is 1. The minimum absolute atomic E-state index is 0.993. The van der Waals surface area contributed by atoms with Crippen molar-refractivity contribution in [2.45, 2.75) is 0 Å². The summed E-state index contributed by atoms with van der Waals surface area (Å²) >= 11 is 2.31. The van der Waals surface area contributed by atoms with Crippen LogP contribution in [0.2, 0.25) is 0 Å². The van der Waals surface area contributed by atoms with Crippen molar-refractivity contribution >= 4 is 28.1 Å². The molecule has 0 spiro atoms. The molecular weight excluding hydrogens is 311 g/mol. The molecule has 2 nitrogen and oxygen atoms in total. The lowest BCUT2D eigenvalue weighted by molar-refractivity contribution is 1.16. The summed E-state index contributed by atoms with van der Waals surface area (Å²) in [6.45, 7) is 0. The first-order valence-electron chi connectivity index (χ1n) is 5.02. The van der Waals surface area contributed by atoms with Crippen molar-refractivity contribution in [2.75, 3.05) is 0 Å². The van der Waals surface area contributed by atoms with E-state index in [1.54, 1.807) is 0 Å². The molecule has 2 heterocycles. The van der Waals surface area contributed by atoms with Crippen LogP contribution < -0.4 is 0 Å². The van der Waals surface area contributed by atoms with Crippen molar-refractivity contribution < 1.29 is 0 Å². The van der Waals surface area contributed by atoms with Gasteiger partial charge in [0.15, 0.2) is 0 Å². The minimum atomic E-state index is 0.993. The average Bonchev–Trinajstić information content (AvgIpc) is 2.74. The Morgan fingerprint density at radius 3 is 2.62 bits per heavy atom. The maximum atomic E-state index is 4.46. The van der Waals surface area contributed by atoms with Crippen LogP contribution in [-0.2, 0) is 0 Å². The number of fused-ring (bicyclic) bond motifs is 1. The molecule has 0 radical (unpaired) electrons. The molecule has 0 aliphatic carbocycles. The van der Waals surface area contributed by atoms with Crippen LogP contribution in [0.15, 0.2) is 54.9 Å². The molecule has 0 atom stereocenters. The third-order valence-electron chi connectivity index (χ3n) is 2.54. The largest absolute Gasteiger partial charge is 0.300 e. The predicted molar refractivity (Wildman–Crippen MR) is 73.3 cm³/mol. The smallest absolute Gasteiger partial charge is 0.144 e. The van der Waals surface area contributed by atoms with Crippen molar-refractivity contribution in [3.8, 4) is 11.4 Å². The van der Waals surface area contributed by atoms with E-state index < -0.39 is 0 Å². The number of halogens is 1. The van der Waals surface area contributed by atoms with Crippen LogP contribution in [0.25, 0.3) is 16.9 Å². The Hall–Kier alpha value is -1.36. The second-order valence-corrected chi connectivity index (χ2v) is 4.83. The van der Waals surface area contributed by atoms with Crippen LogP contribution in [0.3, 0.4) is 0 Å². The molecule has 0 aliphatic rings. The molecule has 3 rings (SSSR count). The number of nitrogens with zero attached hydrogens (tertiary/aromatic N) is 2. The van der Waals surface area contributed by atoms with Gasteiger partial charge in [-0.25, -0.2) is 4.98 Å². The Bertz CT molecular complexity index is 626. The van der Waals surface area contributed by atoms with Crippen LogP contribution in [0.5, 0.6) is 0 Å². The normalized spacial score (nSPS) is 10.8. The number of pyridine rings is 1. The van der Waals surface area contributed by atoms with E-state index in [9.17, 15) is 0 Å². The standard InChI is InChI=1S/C13H9IN2/c14-11-6-4-10(5-7-11)13-15-9-12-3-1-2-8-16(12)13/h1-9H. The molecule has 2 aromatic heterocycles. The molecule has 0 saturated heterocycles. The van der Waals surface area contributed by atoms with Gasteiger partial charge in [0, 0.05) is 15.3 Å². The molecule has 0 amide bonds. The highest BCUT2D eigenvalue weighted by Gasteiger charge is 2.04. The lowest BCUT2D eigenvalue weighted by Gasteiger charge is -2.01. The molecule has 3 heteroatoms. The predicted octanol–water partition coefficient (Wildman–Crippen LogP) is 3.61. The number of aromatic nitrogens is 2. The summed E-state index contributed by atoms with van der Waals surface area (Å²) < 4.78 is 3.34. The summed E-state index contributed by atoms with van der Waals surface area (Å²) in [7, 11) is 0. The number of rotatable bonds is 1. The molecule has 1 aromatic carbocycles. The van der Waals surface area contributed by atoms with E-state index in [4.69, 9.17) is 0 Å². The van der Waals surface area contributed by atoms with Gasteiger partial charge in [0.2, 0.25) is 0 Å². The van der Waals surface area contributed by atoms with Gasteiger partial charge in [-0.05, 0) is 46.9 Å². The van der Waals surface area contributed by atoms with E-state index in [1.807, 2.05) is 24.5 Å². The van der Waals surface area contributed by atoms with Crippen molar-refractivity contribution in [2.24, 2.45) is 0 Å². The molecule has 3 aromatic rings. The highest BCUT2D eigenvalue weighted by atomic mass is 127. The Kier molecular flexibility index (Phi) is 2.40. The molecule has 16 heavy (non-hydrogen) atoms. The lowest BCUT2D eigenvalue weighted by Crippen LogP contribution is -1.88. The zero-order valence-electron chi connectivity index (χ0n) is 8.47. The van der Waals surface area contributed by atoms with Gasteiger partial charge in [0.1, 0.15) is 5.82 Å². The number of benzene rings is 1. The molecule has 0 N–H and O–H groups in total. The molecule has 0 unspecified atom stereocenters. The summed E-state index contributed by atoms with van der Waals surface area (Å²) in [4.78, 5) is 4.46. The monoisotopic (exact) mass is 320 g/mol. The van der Waals surface area contributed by atoms with Gasteiger partial charge in [-0.15, -0.1) is 0 Å². The highest BCUT2D eigenvalue weighted by Crippen LogP contribution is 2.20. The third kappa shape index (κ3) is 1.61. The van der Waals surface area contributed by atoms with Gasteiger partial charge in [0.25, 0.3) is 0 Å². The zero-order valence-corrected chi connectivity index (χ0v) is 10.6. The Labute approximate surface area is 107 Å². The topological polar surface area (TPSA) is 17.3 Å². The number of imidazole rings is 1. The molecule has 0 aliphatic heterocycles. The maximum Gasteiger partial charge on any atom is 0.144 e. The zero-order chi connectivity index (χ0) is 11.0. The first-order chi connectivity index (χ1) is 7.84. The molecular formula is C13H9IN2. The molecule has 78 valence electrons. The van der Waals surface area contributed by atoms with Crippen LogP contribution >= 0.6 is 22.6 Å². The Morgan fingerprint density at radius 2 is 1.81 bits per heavy atom. The van der Waals surface area contributed by atoms with Gasteiger partial charge >= 0.3 is 0 Å². The van der Waals surface area contributed by atoms with Crippen molar-refractivity contribution in [3.63, 3.8) is 0 Å². The maximum absolute atomic E-state index is 4.46. The average molecular weight is 320 g/mol. The van der Waals surface area contributed by atoms with Gasteiger partial charge < -0.3 is 0 Å². The van der Waals surface area contributed by atoms with E-state index in [0.29, 0.717) is 0 Å². The summed E-state index contributed by atoms with van der Waals surface area (Å²) in [5, 5.41) is 0. The van der Waals surface area contributed by atoms with E-state index in [1.165, 1.54) is 3.57 Å². The van der Waals surface area contributed by atoms with Crippen molar-refractivity contribution in [3.05, 3.63) is 58.4 Å². The quantitative estimate of drug-likeness (QED) is 0.626. The molecule has 0 bridgehead atoms. The Morgan fingerprint density at radius 1 is 1.00 bits per heavy atom. The number of hydrogen-bond donors (Lipinski definition) is 0. The molecule has 0 fully saturated rings. The fourth-order valence-electron chi connectivity index (χ4n) is 1.76. The highest BCUT2D eigenvalue weighted by molar-refractivity contribution is 14.1. The summed E-state index contributed by atoms with van der Waals surface area (Å²) in [6.07, 6.45) is 3.93. The third-order valence-corrected chi connectivity index (χ3v) is 3.26. The van der Waals surface area contributed by atoms with E-state index in [0.717, 1.165) is 16.9 Å². The minimum Gasteiger partial charge on any atom is -0.300 e. The lowest BCUT2D eigenvalue weighted by atomic mass is 10.2. The fourth-order valence-corrected chi connectivity index (χ4v) is 2.12. The van der Waals surface area contributed by atoms with Gasteiger partial charge in [-0.1, -0.05) is 18.2 Å².